The first kappa shape index (κ1) is 15.9. The van der Waals surface area contributed by atoms with Gasteiger partial charge in [-0.3, -0.25) is 4.79 Å². The number of benzene rings is 1. The van der Waals surface area contributed by atoms with Crippen LogP contribution in [0.3, 0.4) is 0 Å². The number of carbonyl (C=O) groups excluding carboxylic acids is 1. The minimum Gasteiger partial charge on any atom is -0.349 e. The first-order valence-electron chi connectivity index (χ1n) is 6.95. The molecule has 1 saturated heterocycles. The Balaban J connectivity index is 2.00. The maximum atomic E-state index is 12.1. The Morgan fingerprint density at radius 3 is 2.29 bits per heavy atom. The minimum atomic E-state index is -3.46. The number of piperidine rings is 1. The van der Waals surface area contributed by atoms with Crippen molar-refractivity contribution in [1.29, 1.82) is 0 Å². The Morgan fingerprint density at radius 1 is 1.19 bits per heavy atom. The third-order valence-corrected chi connectivity index (χ3v) is 5.18. The van der Waals surface area contributed by atoms with Gasteiger partial charge in [-0.05, 0) is 64.3 Å². The van der Waals surface area contributed by atoms with Gasteiger partial charge in [0.1, 0.15) is 0 Å². The fraction of sp³-hybridized carbons (Fsp3) is 0.500. The molecule has 0 aliphatic carbocycles. The molecule has 1 aromatic carbocycles. The van der Waals surface area contributed by atoms with Gasteiger partial charge < -0.3 is 10.2 Å². The van der Waals surface area contributed by atoms with E-state index >= 15 is 0 Å². The molecule has 116 valence electrons. The lowest BCUT2D eigenvalue weighted by Crippen LogP contribution is -2.43. The summed E-state index contributed by atoms with van der Waals surface area (Å²) in [5.74, 6) is -0.155. The predicted molar refractivity (Wildman–Crippen MR) is 80.7 cm³/mol. The fourth-order valence-corrected chi connectivity index (χ4v) is 3.06. The average Bonchev–Trinajstić information content (AvgIpc) is 2.49. The number of rotatable bonds is 4. The van der Waals surface area contributed by atoms with E-state index in [1.165, 1.54) is 31.3 Å². The van der Waals surface area contributed by atoms with Gasteiger partial charge in [-0.15, -0.1) is 0 Å². The topological polar surface area (TPSA) is 78.5 Å². The molecule has 1 heterocycles. The Hall–Kier alpha value is -1.44. The molecular formula is C14H21N3O3S. The van der Waals surface area contributed by atoms with Crippen LogP contribution in [0.5, 0.6) is 0 Å². The van der Waals surface area contributed by atoms with Crippen LogP contribution in [0.1, 0.15) is 23.2 Å². The van der Waals surface area contributed by atoms with Crippen molar-refractivity contribution in [3.8, 4) is 0 Å². The molecule has 1 aliphatic rings. The van der Waals surface area contributed by atoms with Crippen molar-refractivity contribution in [1.82, 2.24) is 14.9 Å². The third-order valence-electron chi connectivity index (χ3n) is 3.75. The first-order chi connectivity index (χ1) is 9.92. The van der Waals surface area contributed by atoms with E-state index in [1.807, 2.05) is 0 Å². The van der Waals surface area contributed by atoms with Gasteiger partial charge in [0.05, 0.1) is 4.90 Å². The smallest absolute Gasteiger partial charge is 0.251 e. The quantitative estimate of drug-likeness (QED) is 0.845. The van der Waals surface area contributed by atoms with Crippen molar-refractivity contribution in [2.24, 2.45) is 0 Å². The molecule has 0 bridgehead atoms. The van der Waals surface area contributed by atoms with Gasteiger partial charge in [0, 0.05) is 11.6 Å². The largest absolute Gasteiger partial charge is 0.349 e. The molecule has 0 spiro atoms. The number of hydrogen-bond donors (Lipinski definition) is 2. The van der Waals surface area contributed by atoms with E-state index in [9.17, 15) is 13.2 Å². The number of amides is 1. The number of nitrogens with one attached hydrogen (secondary N) is 2. The molecule has 0 unspecified atom stereocenters. The summed E-state index contributed by atoms with van der Waals surface area (Å²) in [6, 6.07) is 6.14. The molecule has 1 aliphatic heterocycles. The number of likely N-dealkylation sites (tertiary alicyclic amines) is 1. The molecule has 0 radical (unpaired) electrons. The molecule has 1 amide bonds. The minimum absolute atomic E-state index is 0.154. The Labute approximate surface area is 125 Å². The molecule has 1 fully saturated rings. The molecule has 1 aromatic rings. The predicted octanol–water partition coefficient (Wildman–Crippen LogP) is 0.419. The molecular weight excluding hydrogens is 290 g/mol. The Kier molecular flexibility index (Phi) is 4.97. The summed E-state index contributed by atoms with van der Waals surface area (Å²) in [6.45, 7) is 1.95. The summed E-state index contributed by atoms with van der Waals surface area (Å²) in [5, 5.41) is 3.00. The molecule has 7 heteroatoms. The number of hydrogen-bond acceptors (Lipinski definition) is 4. The van der Waals surface area contributed by atoms with E-state index in [2.05, 4.69) is 22.0 Å². The van der Waals surface area contributed by atoms with Gasteiger partial charge in [0.15, 0.2) is 0 Å². The van der Waals surface area contributed by atoms with Crippen molar-refractivity contribution >= 4 is 15.9 Å². The average molecular weight is 311 g/mol. The number of nitrogens with zero attached hydrogens (tertiary/aromatic N) is 1. The maximum Gasteiger partial charge on any atom is 0.251 e. The molecule has 2 N–H and O–H groups in total. The summed E-state index contributed by atoms with van der Waals surface area (Å²) >= 11 is 0. The van der Waals surface area contributed by atoms with Crippen molar-refractivity contribution in [2.75, 3.05) is 27.2 Å². The monoisotopic (exact) mass is 311 g/mol. The van der Waals surface area contributed by atoms with Crippen molar-refractivity contribution in [2.45, 2.75) is 23.8 Å². The summed E-state index contributed by atoms with van der Waals surface area (Å²) in [4.78, 5) is 14.5. The standard InChI is InChI=1S/C14H21N3O3S/c1-15-21(19,20)13-5-3-11(4-6-13)14(18)16-12-7-9-17(2)10-8-12/h3-6,12,15H,7-10H2,1-2H3,(H,16,18). The lowest BCUT2D eigenvalue weighted by Gasteiger charge is -2.29. The summed E-state index contributed by atoms with van der Waals surface area (Å²) < 4.78 is 25.5. The molecule has 6 nitrogen and oxygen atoms in total. The molecule has 2 rings (SSSR count). The first-order valence-corrected chi connectivity index (χ1v) is 8.44. The van der Waals surface area contributed by atoms with Crippen LogP contribution in [0.4, 0.5) is 0 Å². The second-order valence-corrected chi connectivity index (χ2v) is 7.17. The molecule has 0 aromatic heterocycles. The third kappa shape index (κ3) is 4.03. The van der Waals surface area contributed by atoms with E-state index in [0.717, 1.165) is 25.9 Å². The van der Waals surface area contributed by atoms with Crippen LogP contribution in [0.25, 0.3) is 0 Å². The normalized spacial score (nSPS) is 17.6. The van der Waals surface area contributed by atoms with Crippen molar-refractivity contribution in [3.63, 3.8) is 0 Å². The van der Waals surface area contributed by atoms with E-state index in [4.69, 9.17) is 0 Å². The van der Waals surface area contributed by atoms with Crippen molar-refractivity contribution < 1.29 is 13.2 Å². The second-order valence-electron chi connectivity index (χ2n) is 5.28. The zero-order valence-corrected chi connectivity index (χ0v) is 13.1. The van der Waals surface area contributed by atoms with Crippen LogP contribution < -0.4 is 10.0 Å². The highest BCUT2D eigenvalue weighted by Crippen LogP contribution is 2.12. The summed E-state index contributed by atoms with van der Waals surface area (Å²) in [6.07, 6.45) is 1.88. The molecule has 0 atom stereocenters. The summed E-state index contributed by atoms with van der Waals surface area (Å²) in [5.41, 5.74) is 0.476. The van der Waals surface area contributed by atoms with Gasteiger partial charge >= 0.3 is 0 Å². The highest BCUT2D eigenvalue weighted by Gasteiger charge is 2.19. The second kappa shape index (κ2) is 6.55. The number of sulfonamides is 1. The number of carbonyl (C=O) groups is 1. The van der Waals surface area contributed by atoms with Gasteiger partial charge in [-0.2, -0.15) is 0 Å². The van der Waals surface area contributed by atoms with Gasteiger partial charge in [0.25, 0.3) is 5.91 Å². The van der Waals surface area contributed by atoms with Crippen LogP contribution in [-0.2, 0) is 10.0 Å². The summed E-state index contributed by atoms with van der Waals surface area (Å²) in [7, 11) is -0.0356. The van der Waals surface area contributed by atoms with Crippen LogP contribution in [0.15, 0.2) is 29.2 Å². The Morgan fingerprint density at radius 2 is 1.76 bits per heavy atom. The lowest BCUT2D eigenvalue weighted by atomic mass is 10.0. The van der Waals surface area contributed by atoms with E-state index in [-0.39, 0.29) is 16.8 Å². The molecule has 21 heavy (non-hydrogen) atoms. The van der Waals surface area contributed by atoms with E-state index < -0.39 is 10.0 Å². The lowest BCUT2D eigenvalue weighted by molar-refractivity contribution is 0.0917. The maximum absolute atomic E-state index is 12.1. The van der Waals surface area contributed by atoms with E-state index in [1.54, 1.807) is 0 Å². The van der Waals surface area contributed by atoms with Crippen molar-refractivity contribution in [3.05, 3.63) is 29.8 Å². The highest BCUT2D eigenvalue weighted by atomic mass is 32.2. The van der Waals surface area contributed by atoms with Gasteiger partial charge in [-0.25, -0.2) is 13.1 Å². The SMILES string of the molecule is CNS(=O)(=O)c1ccc(C(=O)NC2CCN(C)CC2)cc1. The fourth-order valence-electron chi connectivity index (χ4n) is 2.32. The van der Waals surface area contributed by atoms with Crippen LogP contribution >= 0.6 is 0 Å². The molecule has 0 saturated carbocycles. The zero-order valence-electron chi connectivity index (χ0n) is 12.3. The van der Waals surface area contributed by atoms with Gasteiger partial charge in [-0.1, -0.05) is 0 Å². The van der Waals surface area contributed by atoms with Crippen LogP contribution in [0.2, 0.25) is 0 Å². The van der Waals surface area contributed by atoms with Crippen LogP contribution in [-0.4, -0.2) is 52.5 Å². The van der Waals surface area contributed by atoms with Crippen LogP contribution in [0, 0.1) is 0 Å². The zero-order chi connectivity index (χ0) is 15.5. The van der Waals surface area contributed by atoms with Gasteiger partial charge in [0.2, 0.25) is 10.0 Å². The Bertz CT molecular complexity index is 590. The van der Waals surface area contributed by atoms with E-state index in [0.29, 0.717) is 5.56 Å². The highest BCUT2D eigenvalue weighted by molar-refractivity contribution is 7.89.